The molecule has 3 rings (SSSR count). The van der Waals surface area contributed by atoms with Crippen molar-refractivity contribution in [3.63, 3.8) is 0 Å². The number of benzene rings is 1. The van der Waals surface area contributed by atoms with Gasteiger partial charge in [-0.15, -0.1) is 11.6 Å². The summed E-state index contributed by atoms with van der Waals surface area (Å²) >= 11 is 6.29. The van der Waals surface area contributed by atoms with Crippen LogP contribution in [0.4, 0.5) is 0 Å². The molecule has 0 amide bonds. The fourth-order valence-corrected chi connectivity index (χ4v) is 2.85. The molecule has 0 N–H and O–H groups in total. The quantitative estimate of drug-likeness (QED) is 0.669. The first kappa shape index (κ1) is 11.7. The number of hydrogen-bond donors (Lipinski definition) is 0. The van der Waals surface area contributed by atoms with Gasteiger partial charge in [0.2, 0.25) is 0 Å². The summed E-state index contributed by atoms with van der Waals surface area (Å²) in [5.74, 6) is 0. The number of hydrogen-bond acceptors (Lipinski definition) is 1. The maximum Gasteiger partial charge on any atom is 0.0708 e. The first-order chi connectivity index (χ1) is 8.83. The Balaban J connectivity index is 2.03. The van der Waals surface area contributed by atoms with Gasteiger partial charge in [0.1, 0.15) is 0 Å². The largest absolute Gasteiger partial charge is 0.256 e. The van der Waals surface area contributed by atoms with Crippen molar-refractivity contribution in [2.24, 2.45) is 0 Å². The van der Waals surface area contributed by atoms with Crippen LogP contribution < -0.4 is 0 Å². The molecule has 1 aliphatic carbocycles. The van der Waals surface area contributed by atoms with Crippen molar-refractivity contribution < 1.29 is 0 Å². The fraction of sp³-hybridized carbons (Fsp3) is 0.312. The van der Waals surface area contributed by atoms with E-state index < -0.39 is 0 Å². The number of halogens is 1. The molecule has 0 saturated carbocycles. The van der Waals surface area contributed by atoms with Crippen molar-refractivity contribution in [3.05, 3.63) is 48.2 Å². The van der Waals surface area contributed by atoms with Crippen molar-refractivity contribution in [1.82, 2.24) is 4.98 Å². The van der Waals surface area contributed by atoms with Gasteiger partial charge in [0.25, 0.3) is 0 Å². The number of rotatable bonds is 1. The van der Waals surface area contributed by atoms with E-state index in [-0.39, 0.29) is 5.38 Å². The molecule has 1 aromatic carbocycles. The van der Waals surface area contributed by atoms with E-state index >= 15 is 0 Å². The van der Waals surface area contributed by atoms with Crippen LogP contribution in [0.2, 0.25) is 0 Å². The van der Waals surface area contributed by atoms with Crippen LogP contribution in [0.1, 0.15) is 31.2 Å². The van der Waals surface area contributed by atoms with E-state index in [2.05, 4.69) is 35.3 Å². The molecular formula is C16H16ClN. The normalized spacial score (nSPS) is 20.5. The maximum atomic E-state index is 6.29. The van der Waals surface area contributed by atoms with Crippen LogP contribution in [-0.4, -0.2) is 10.4 Å². The van der Waals surface area contributed by atoms with Crippen molar-refractivity contribution in [1.29, 1.82) is 0 Å². The Bertz CT molecular complexity index is 588. The minimum absolute atomic E-state index is 0.182. The Morgan fingerprint density at radius 2 is 2.11 bits per heavy atom. The van der Waals surface area contributed by atoms with Crippen LogP contribution in [0.25, 0.3) is 16.5 Å². The number of fused-ring (bicyclic) bond motifs is 1. The molecule has 1 aromatic heterocycles. The lowest BCUT2D eigenvalue weighted by Crippen LogP contribution is -1.91. The number of pyridine rings is 1. The molecule has 0 saturated heterocycles. The van der Waals surface area contributed by atoms with Gasteiger partial charge in [0, 0.05) is 11.6 Å². The Labute approximate surface area is 112 Å². The van der Waals surface area contributed by atoms with Gasteiger partial charge in [-0.25, -0.2) is 0 Å². The third kappa shape index (κ3) is 2.41. The van der Waals surface area contributed by atoms with Gasteiger partial charge in [-0.3, -0.25) is 4.98 Å². The second-order valence-corrected chi connectivity index (χ2v) is 5.43. The zero-order valence-corrected chi connectivity index (χ0v) is 11.0. The molecule has 2 aromatic rings. The minimum Gasteiger partial charge on any atom is -0.256 e. The van der Waals surface area contributed by atoms with Crippen molar-refractivity contribution in [2.75, 3.05) is 0 Å². The molecule has 0 bridgehead atoms. The van der Waals surface area contributed by atoms with E-state index in [0.29, 0.717) is 0 Å². The molecule has 0 spiro atoms. The zero-order valence-electron chi connectivity index (χ0n) is 10.3. The van der Waals surface area contributed by atoms with Gasteiger partial charge in [0.05, 0.1) is 10.9 Å². The molecule has 18 heavy (non-hydrogen) atoms. The molecule has 1 nitrogen and oxygen atoms in total. The average Bonchev–Trinajstić information content (AvgIpc) is 2.63. The summed E-state index contributed by atoms with van der Waals surface area (Å²) in [6, 6.07) is 10.6. The topological polar surface area (TPSA) is 12.9 Å². The van der Waals surface area contributed by atoms with Gasteiger partial charge in [0.15, 0.2) is 0 Å². The van der Waals surface area contributed by atoms with E-state index in [0.717, 1.165) is 18.4 Å². The zero-order chi connectivity index (χ0) is 12.4. The summed E-state index contributed by atoms with van der Waals surface area (Å²) in [5.41, 5.74) is 3.71. The van der Waals surface area contributed by atoms with Gasteiger partial charge < -0.3 is 0 Å². The predicted molar refractivity (Wildman–Crippen MR) is 77.8 cm³/mol. The lowest BCUT2D eigenvalue weighted by atomic mass is 10.00. The highest BCUT2D eigenvalue weighted by molar-refractivity contribution is 6.22. The number of nitrogens with zero attached hydrogens (tertiary/aromatic N) is 1. The second kappa shape index (κ2) is 5.11. The Morgan fingerprint density at radius 3 is 3.06 bits per heavy atom. The van der Waals surface area contributed by atoms with E-state index in [1.54, 1.807) is 0 Å². The van der Waals surface area contributed by atoms with Crippen LogP contribution in [0.5, 0.6) is 0 Å². The third-order valence-corrected chi connectivity index (χ3v) is 3.88. The highest BCUT2D eigenvalue weighted by atomic mass is 35.5. The van der Waals surface area contributed by atoms with Crippen LogP contribution in [0.3, 0.4) is 0 Å². The van der Waals surface area contributed by atoms with Crippen LogP contribution in [0.15, 0.2) is 42.6 Å². The standard InChI is InChI=1S/C16H16ClN/c17-15-6-2-1-4-13(10-15)14-8-7-12-5-3-9-18-16(12)11-14/h3,5,7-11,15H,1-2,4,6H2. The number of allylic oxidation sites excluding steroid dienone is 2. The molecule has 0 aliphatic heterocycles. The Kier molecular flexibility index (Phi) is 3.33. The molecule has 1 heterocycles. The van der Waals surface area contributed by atoms with Crippen molar-refractivity contribution in [2.45, 2.75) is 31.1 Å². The summed E-state index contributed by atoms with van der Waals surface area (Å²) in [5, 5.41) is 1.37. The molecule has 1 unspecified atom stereocenters. The predicted octanol–water partition coefficient (Wildman–Crippen LogP) is 4.80. The van der Waals surface area contributed by atoms with Gasteiger partial charge in [-0.1, -0.05) is 30.7 Å². The molecule has 0 radical (unpaired) electrons. The number of aromatic nitrogens is 1. The summed E-state index contributed by atoms with van der Waals surface area (Å²) in [4.78, 5) is 4.42. The summed E-state index contributed by atoms with van der Waals surface area (Å²) in [7, 11) is 0. The fourth-order valence-electron chi connectivity index (χ4n) is 2.55. The van der Waals surface area contributed by atoms with Crippen LogP contribution in [-0.2, 0) is 0 Å². The molecule has 92 valence electrons. The van der Waals surface area contributed by atoms with Crippen LogP contribution >= 0.6 is 11.6 Å². The second-order valence-electron chi connectivity index (χ2n) is 4.86. The average molecular weight is 258 g/mol. The molecule has 1 aliphatic rings. The van der Waals surface area contributed by atoms with E-state index in [1.165, 1.54) is 29.4 Å². The van der Waals surface area contributed by atoms with E-state index in [1.807, 2.05) is 12.3 Å². The number of alkyl halides is 1. The van der Waals surface area contributed by atoms with Crippen LogP contribution in [0, 0.1) is 0 Å². The Hall–Kier alpha value is -1.34. The SMILES string of the molecule is ClC1C=C(c2ccc3cccnc3c2)CCCC1. The first-order valence-electron chi connectivity index (χ1n) is 6.53. The minimum atomic E-state index is 0.182. The Morgan fingerprint density at radius 1 is 1.17 bits per heavy atom. The molecular weight excluding hydrogens is 242 g/mol. The summed E-state index contributed by atoms with van der Waals surface area (Å²) < 4.78 is 0. The maximum absolute atomic E-state index is 6.29. The molecule has 2 heteroatoms. The third-order valence-electron chi connectivity index (χ3n) is 3.53. The van der Waals surface area contributed by atoms with Gasteiger partial charge >= 0.3 is 0 Å². The summed E-state index contributed by atoms with van der Waals surface area (Å²) in [6.07, 6.45) is 8.74. The highest BCUT2D eigenvalue weighted by Crippen LogP contribution is 2.29. The smallest absolute Gasteiger partial charge is 0.0708 e. The lowest BCUT2D eigenvalue weighted by molar-refractivity contribution is 0.724. The summed E-state index contributed by atoms with van der Waals surface area (Å²) in [6.45, 7) is 0. The van der Waals surface area contributed by atoms with Crippen molar-refractivity contribution in [3.8, 4) is 0 Å². The van der Waals surface area contributed by atoms with Crippen molar-refractivity contribution >= 4 is 28.1 Å². The first-order valence-corrected chi connectivity index (χ1v) is 6.96. The molecule has 0 fully saturated rings. The van der Waals surface area contributed by atoms with Gasteiger partial charge in [-0.2, -0.15) is 0 Å². The monoisotopic (exact) mass is 257 g/mol. The van der Waals surface area contributed by atoms with E-state index in [4.69, 9.17) is 11.6 Å². The highest BCUT2D eigenvalue weighted by Gasteiger charge is 2.11. The lowest BCUT2D eigenvalue weighted by Gasteiger charge is -2.07. The molecule has 1 atom stereocenters. The van der Waals surface area contributed by atoms with Gasteiger partial charge in [-0.05, 0) is 42.5 Å². The van der Waals surface area contributed by atoms with E-state index in [9.17, 15) is 0 Å².